The first-order valence-corrected chi connectivity index (χ1v) is 10.4. The topological polar surface area (TPSA) is 57.7 Å². The van der Waals surface area contributed by atoms with E-state index in [4.69, 9.17) is 11.6 Å². The lowest BCUT2D eigenvalue weighted by molar-refractivity contribution is 0.0988. The highest BCUT2D eigenvalue weighted by Crippen LogP contribution is 2.27. The Labute approximate surface area is 159 Å². The van der Waals surface area contributed by atoms with Crippen molar-refractivity contribution in [3.63, 3.8) is 0 Å². The van der Waals surface area contributed by atoms with Crippen LogP contribution in [-0.2, 0) is 10.0 Å². The van der Waals surface area contributed by atoms with E-state index in [9.17, 15) is 13.2 Å². The van der Waals surface area contributed by atoms with Crippen molar-refractivity contribution >= 4 is 33.2 Å². The fraction of sp³-hybridized carbons (Fsp3) is 0.316. The fourth-order valence-corrected chi connectivity index (χ4v) is 4.85. The largest absolute Gasteiger partial charge is 0.309 e. The zero-order valence-corrected chi connectivity index (χ0v) is 16.1. The molecule has 26 heavy (non-hydrogen) atoms. The van der Waals surface area contributed by atoms with Crippen molar-refractivity contribution in [1.29, 1.82) is 0 Å². The Kier molecular flexibility index (Phi) is 5.65. The summed E-state index contributed by atoms with van der Waals surface area (Å²) >= 11 is 6.23. The van der Waals surface area contributed by atoms with Crippen LogP contribution >= 0.6 is 11.6 Å². The zero-order chi connectivity index (χ0) is 18.7. The molecule has 1 heterocycles. The maximum absolute atomic E-state index is 13.0. The van der Waals surface area contributed by atoms with E-state index in [1.54, 1.807) is 4.90 Å². The van der Waals surface area contributed by atoms with Gasteiger partial charge in [-0.25, -0.2) is 8.42 Å². The van der Waals surface area contributed by atoms with Crippen molar-refractivity contribution in [2.75, 3.05) is 24.5 Å². The number of hydrogen-bond donors (Lipinski definition) is 0. The average Bonchev–Trinajstić information content (AvgIpc) is 3.19. The Hall–Kier alpha value is -1.89. The zero-order valence-electron chi connectivity index (χ0n) is 14.6. The monoisotopic (exact) mass is 392 g/mol. The highest BCUT2D eigenvalue weighted by molar-refractivity contribution is 7.89. The number of halogens is 1. The minimum atomic E-state index is -3.60. The maximum Gasteiger partial charge on any atom is 0.259 e. The number of anilines is 1. The molecule has 0 saturated carbocycles. The van der Waals surface area contributed by atoms with Gasteiger partial charge in [0.25, 0.3) is 5.91 Å². The molecule has 5 nitrogen and oxygen atoms in total. The summed E-state index contributed by atoms with van der Waals surface area (Å²) in [5, 5.41) is 0.241. The summed E-state index contributed by atoms with van der Waals surface area (Å²) in [5.74, 6) is -0.317. The van der Waals surface area contributed by atoms with Gasteiger partial charge in [0.2, 0.25) is 10.0 Å². The minimum Gasteiger partial charge on any atom is -0.309 e. The molecule has 0 aromatic heterocycles. The van der Waals surface area contributed by atoms with Crippen LogP contribution in [0.5, 0.6) is 0 Å². The molecule has 7 heteroatoms. The second kappa shape index (κ2) is 7.78. The van der Waals surface area contributed by atoms with Gasteiger partial charge in [-0.1, -0.05) is 29.8 Å². The van der Waals surface area contributed by atoms with Crippen molar-refractivity contribution in [1.82, 2.24) is 4.31 Å². The van der Waals surface area contributed by atoms with E-state index in [2.05, 4.69) is 0 Å². The molecule has 1 aliphatic heterocycles. The molecule has 1 aliphatic rings. The van der Waals surface area contributed by atoms with Gasteiger partial charge in [-0.3, -0.25) is 4.79 Å². The third-order valence-corrected chi connectivity index (χ3v) is 6.72. The summed E-state index contributed by atoms with van der Waals surface area (Å²) in [6.45, 7) is 3.34. The maximum atomic E-state index is 13.0. The molecule has 1 amide bonds. The van der Waals surface area contributed by atoms with E-state index >= 15 is 0 Å². The van der Waals surface area contributed by atoms with E-state index < -0.39 is 10.0 Å². The normalized spacial score (nSPS) is 15.2. The Morgan fingerprint density at radius 2 is 1.77 bits per heavy atom. The summed E-state index contributed by atoms with van der Waals surface area (Å²) < 4.78 is 27.0. The van der Waals surface area contributed by atoms with Crippen LogP contribution in [0.15, 0.2) is 53.4 Å². The molecule has 1 saturated heterocycles. The number of carbonyl (C=O) groups is 1. The van der Waals surface area contributed by atoms with E-state index in [0.717, 1.165) is 18.5 Å². The standard InChI is InChI=1S/C19H21ClN2O3S/c1-2-22(15-8-4-3-5-9-15)19(23)17-14-16(10-11-18(17)20)26(24,25)21-12-6-7-13-21/h3-5,8-11,14H,2,6-7,12-13H2,1H3. The first-order chi connectivity index (χ1) is 12.4. The summed E-state index contributed by atoms with van der Waals surface area (Å²) in [6, 6.07) is 13.6. The van der Waals surface area contributed by atoms with E-state index in [-0.39, 0.29) is 21.4 Å². The number of rotatable bonds is 5. The molecule has 0 atom stereocenters. The number of amides is 1. The average molecular weight is 393 g/mol. The van der Waals surface area contributed by atoms with Gasteiger partial charge in [0, 0.05) is 25.3 Å². The van der Waals surface area contributed by atoms with Crippen molar-refractivity contribution in [3.05, 3.63) is 59.1 Å². The number of sulfonamides is 1. The van der Waals surface area contributed by atoms with Gasteiger partial charge in [0.1, 0.15) is 0 Å². The van der Waals surface area contributed by atoms with E-state index in [1.165, 1.54) is 22.5 Å². The summed E-state index contributed by atoms with van der Waals surface area (Å²) in [7, 11) is -3.60. The Morgan fingerprint density at radius 1 is 1.12 bits per heavy atom. The van der Waals surface area contributed by atoms with Crippen molar-refractivity contribution < 1.29 is 13.2 Å². The van der Waals surface area contributed by atoms with Crippen molar-refractivity contribution in [3.8, 4) is 0 Å². The van der Waals surface area contributed by atoms with Crippen molar-refractivity contribution in [2.24, 2.45) is 0 Å². The lowest BCUT2D eigenvalue weighted by atomic mass is 10.1. The first kappa shape index (κ1) is 18.9. The van der Waals surface area contributed by atoms with Gasteiger partial charge in [0.05, 0.1) is 15.5 Å². The van der Waals surface area contributed by atoms with Crippen LogP contribution in [0, 0.1) is 0 Å². The van der Waals surface area contributed by atoms with Gasteiger partial charge >= 0.3 is 0 Å². The summed E-state index contributed by atoms with van der Waals surface area (Å²) in [5.41, 5.74) is 0.932. The van der Waals surface area contributed by atoms with Gasteiger partial charge in [-0.15, -0.1) is 0 Å². The molecule has 2 aromatic rings. The predicted octanol–water partition coefficient (Wildman–Crippen LogP) is 3.79. The third kappa shape index (κ3) is 3.63. The minimum absolute atomic E-state index is 0.108. The molecule has 3 rings (SSSR count). The molecule has 0 aliphatic carbocycles. The van der Waals surface area contributed by atoms with E-state index in [0.29, 0.717) is 19.6 Å². The quantitative estimate of drug-likeness (QED) is 0.777. The smallest absolute Gasteiger partial charge is 0.259 e. The predicted molar refractivity (Wildman–Crippen MR) is 103 cm³/mol. The van der Waals surface area contributed by atoms with Crippen LogP contribution in [0.4, 0.5) is 5.69 Å². The number of carbonyl (C=O) groups excluding carboxylic acids is 1. The second-order valence-electron chi connectivity index (χ2n) is 6.14. The van der Waals surface area contributed by atoms with E-state index in [1.807, 2.05) is 37.3 Å². The Balaban J connectivity index is 1.98. The molecule has 138 valence electrons. The number of hydrogen-bond acceptors (Lipinski definition) is 3. The molecular weight excluding hydrogens is 372 g/mol. The number of benzene rings is 2. The van der Waals surface area contributed by atoms with Crippen LogP contribution in [0.25, 0.3) is 0 Å². The molecule has 0 bridgehead atoms. The highest BCUT2D eigenvalue weighted by atomic mass is 35.5. The van der Waals surface area contributed by atoms with Crippen LogP contribution in [0.1, 0.15) is 30.1 Å². The van der Waals surface area contributed by atoms with Crippen LogP contribution < -0.4 is 4.90 Å². The summed E-state index contributed by atoms with van der Waals surface area (Å²) in [6.07, 6.45) is 1.71. The Morgan fingerprint density at radius 3 is 2.38 bits per heavy atom. The van der Waals surface area contributed by atoms with Gasteiger partial charge < -0.3 is 4.90 Å². The molecule has 0 spiro atoms. The second-order valence-corrected chi connectivity index (χ2v) is 8.48. The number of nitrogens with zero attached hydrogens (tertiary/aromatic N) is 2. The molecule has 2 aromatic carbocycles. The van der Waals surface area contributed by atoms with Gasteiger partial charge in [-0.2, -0.15) is 4.31 Å². The lowest BCUT2D eigenvalue weighted by Crippen LogP contribution is -2.31. The molecule has 0 unspecified atom stereocenters. The summed E-state index contributed by atoms with van der Waals surface area (Å²) in [4.78, 5) is 14.7. The molecular formula is C19H21ClN2O3S. The fourth-order valence-electron chi connectivity index (χ4n) is 3.10. The van der Waals surface area contributed by atoms with Crippen LogP contribution in [0.2, 0.25) is 5.02 Å². The first-order valence-electron chi connectivity index (χ1n) is 8.61. The lowest BCUT2D eigenvalue weighted by Gasteiger charge is -2.22. The highest BCUT2D eigenvalue weighted by Gasteiger charge is 2.29. The molecule has 1 fully saturated rings. The third-order valence-electron chi connectivity index (χ3n) is 4.50. The Bertz CT molecular complexity index is 894. The van der Waals surface area contributed by atoms with Crippen LogP contribution in [-0.4, -0.2) is 38.3 Å². The molecule has 0 N–H and O–H groups in total. The molecule has 0 radical (unpaired) electrons. The van der Waals surface area contributed by atoms with Crippen LogP contribution in [0.3, 0.4) is 0 Å². The SMILES string of the molecule is CCN(C(=O)c1cc(S(=O)(=O)N2CCCC2)ccc1Cl)c1ccccc1. The van der Waals surface area contributed by atoms with Gasteiger partial charge in [0.15, 0.2) is 0 Å². The van der Waals surface area contributed by atoms with Crippen molar-refractivity contribution in [2.45, 2.75) is 24.7 Å². The number of para-hydroxylation sites is 1. The van der Waals surface area contributed by atoms with Gasteiger partial charge in [-0.05, 0) is 50.1 Å².